The molecule has 0 fully saturated rings. The zero-order valence-electron chi connectivity index (χ0n) is 8.36. The van der Waals surface area contributed by atoms with E-state index in [1.165, 1.54) is 0 Å². The van der Waals surface area contributed by atoms with Crippen molar-refractivity contribution in [2.75, 3.05) is 27.2 Å². The fourth-order valence-corrected chi connectivity index (χ4v) is 0.914. The Hall–Kier alpha value is -1.14. The largest absolute Gasteiger partial charge is 0.480 e. The van der Waals surface area contributed by atoms with Crippen molar-refractivity contribution >= 4 is 11.9 Å². The van der Waals surface area contributed by atoms with Crippen molar-refractivity contribution < 1.29 is 19.8 Å². The smallest absolute Gasteiger partial charge is 0.326 e. The fraction of sp³-hybridized carbons (Fsp3) is 0.750. The molecule has 0 aromatic rings. The lowest BCUT2D eigenvalue weighted by Gasteiger charge is -2.15. The number of hydrogen-bond acceptors (Lipinski definition) is 4. The van der Waals surface area contributed by atoms with Gasteiger partial charge in [-0.15, -0.1) is 0 Å². The van der Waals surface area contributed by atoms with Gasteiger partial charge in [0.25, 0.3) is 0 Å². The van der Waals surface area contributed by atoms with Crippen molar-refractivity contribution in [3.63, 3.8) is 0 Å². The van der Waals surface area contributed by atoms with E-state index in [4.69, 9.17) is 10.2 Å². The summed E-state index contributed by atoms with van der Waals surface area (Å²) < 4.78 is 0. The number of nitrogens with zero attached hydrogens (tertiary/aromatic N) is 1. The second-order valence-corrected chi connectivity index (χ2v) is 3.21. The van der Waals surface area contributed by atoms with Crippen LogP contribution >= 0.6 is 0 Å². The van der Waals surface area contributed by atoms with Gasteiger partial charge in [-0.05, 0) is 14.1 Å². The lowest BCUT2D eigenvalue weighted by atomic mass is 10.2. The molecule has 0 bridgehead atoms. The summed E-state index contributed by atoms with van der Waals surface area (Å²) in [5.74, 6) is -1.50. The van der Waals surface area contributed by atoms with E-state index >= 15 is 0 Å². The van der Waals surface area contributed by atoms with Gasteiger partial charge < -0.3 is 20.4 Å². The highest BCUT2D eigenvalue weighted by Crippen LogP contribution is 1.91. The Morgan fingerprint density at radius 2 is 2.00 bits per heavy atom. The molecule has 0 spiro atoms. The van der Waals surface area contributed by atoms with E-state index in [0.29, 0.717) is 0 Å². The van der Waals surface area contributed by atoms with Crippen LogP contribution in [0.4, 0.5) is 0 Å². The van der Waals surface area contributed by atoms with Gasteiger partial charge in [0.1, 0.15) is 6.04 Å². The van der Waals surface area contributed by atoms with E-state index in [9.17, 15) is 9.59 Å². The molecule has 6 heteroatoms. The minimum Gasteiger partial charge on any atom is -0.480 e. The van der Waals surface area contributed by atoms with Crippen molar-refractivity contribution in [3.05, 3.63) is 0 Å². The van der Waals surface area contributed by atoms with Crippen molar-refractivity contribution in [1.82, 2.24) is 10.2 Å². The molecular weight excluding hydrogens is 188 g/mol. The molecule has 0 radical (unpaired) electrons. The Morgan fingerprint density at radius 1 is 1.43 bits per heavy atom. The predicted molar refractivity (Wildman–Crippen MR) is 49.8 cm³/mol. The van der Waals surface area contributed by atoms with Crippen molar-refractivity contribution in [2.24, 2.45) is 0 Å². The standard InChI is InChI=1S/C8H16N2O4/c1-10(2)5-7(12)9-6(3-4-11)8(13)14/h6,11H,3-5H2,1-2H3,(H,9,12)(H,13,14). The van der Waals surface area contributed by atoms with E-state index in [1.54, 1.807) is 19.0 Å². The average Bonchev–Trinajstić information content (AvgIpc) is 2.01. The number of hydrogen-bond donors (Lipinski definition) is 3. The molecule has 0 aromatic heterocycles. The van der Waals surface area contributed by atoms with Crippen LogP contribution in [-0.2, 0) is 9.59 Å². The molecule has 0 heterocycles. The first kappa shape index (κ1) is 12.9. The summed E-state index contributed by atoms with van der Waals surface area (Å²) in [4.78, 5) is 23.3. The van der Waals surface area contributed by atoms with Crippen LogP contribution in [0.2, 0.25) is 0 Å². The average molecular weight is 204 g/mol. The SMILES string of the molecule is CN(C)CC(=O)NC(CCO)C(=O)O. The number of amides is 1. The number of carbonyl (C=O) groups is 2. The van der Waals surface area contributed by atoms with E-state index in [1.807, 2.05) is 0 Å². The van der Waals surface area contributed by atoms with Crippen LogP contribution in [0.15, 0.2) is 0 Å². The third-order valence-electron chi connectivity index (χ3n) is 1.51. The van der Waals surface area contributed by atoms with E-state index in [2.05, 4.69) is 5.32 Å². The molecule has 0 rings (SSSR count). The predicted octanol–water partition coefficient (Wildman–Crippen LogP) is -1.50. The molecule has 0 saturated carbocycles. The number of rotatable bonds is 6. The fourth-order valence-electron chi connectivity index (χ4n) is 0.914. The quantitative estimate of drug-likeness (QED) is 0.490. The summed E-state index contributed by atoms with van der Waals surface area (Å²) in [6.07, 6.45) is 0.0223. The van der Waals surface area contributed by atoms with Crippen molar-refractivity contribution in [1.29, 1.82) is 0 Å². The molecule has 82 valence electrons. The third kappa shape index (κ3) is 5.50. The summed E-state index contributed by atoms with van der Waals surface area (Å²) in [7, 11) is 3.42. The van der Waals surface area contributed by atoms with Crippen LogP contribution in [0.5, 0.6) is 0 Å². The zero-order chi connectivity index (χ0) is 11.1. The highest BCUT2D eigenvalue weighted by molar-refractivity contribution is 5.84. The number of likely N-dealkylation sites (N-methyl/N-ethyl adjacent to an activating group) is 1. The van der Waals surface area contributed by atoms with Gasteiger partial charge in [-0.1, -0.05) is 0 Å². The van der Waals surface area contributed by atoms with Gasteiger partial charge in [0.15, 0.2) is 0 Å². The van der Waals surface area contributed by atoms with Gasteiger partial charge in [0, 0.05) is 13.0 Å². The summed E-state index contributed by atoms with van der Waals surface area (Å²) in [6.45, 7) is -0.131. The van der Waals surface area contributed by atoms with Gasteiger partial charge in [0.2, 0.25) is 5.91 Å². The summed E-state index contributed by atoms with van der Waals surface area (Å²) in [5, 5.41) is 19.5. The van der Waals surface area contributed by atoms with Crippen LogP contribution in [0, 0.1) is 0 Å². The molecule has 1 amide bonds. The van der Waals surface area contributed by atoms with Gasteiger partial charge in [-0.2, -0.15) is 0 Å². The lowest BCUT2D eigenvalue weighted by molar-refractivity contribution is -0.142. The Labute approximate surface area is 82.5 Å². The summed E-state index contributed by atoms with van der Waals surface area (Å²) in [6, 6.07) is -1.01. The van der Waals surface area contributed by atoms with Crippen LogP contribution in [0.25, 0.3) is 0 Å². The van der Waals surface area contributed by atoms with E-state index < -0.39 is 12.0 Å². The zero-order valence-corrected chi connectivity index (χ0v) is 8.36. The number of aliphatic hydroxyl groups is 1. The highest BCUT2D eigenvalue weighted by Gasteiger charge is 2.18. The normalized spacial score (nSPS) is 12.6. The summed E-state index contributed by atoms with van der Waals surface area (Å²) >= 11 is 0. The van der Waals surface area contributed by atoms with Crippen LogP contribution in [0.3, 0.4) is 0 Å². The van der Waals surface area contributed by atoms with Crippen LogP contribution in [0.1, 0.15) is 6.42 Å². The van der Waals surface area contributed by atoms with Gasteiger partial charge in [-0.25, -0.2) is 4.79 Å². The van der Waals surface area contributed by atoms with Gasteiger partial charge >= 0.3 is 5.97 Å². The maximum Gasteiger partial charge on any atom is 0.326 e. The first-order valence-corrected chi connectivity index (χ1v) is 4.25. The number of carboxylic acids is 1. The maximum atomic E-state index is 11.1. The second-order valence-electron chi connectivity index (χ2n) is 3.21. The number of nitrogens with one attached hydrogen (secondary N) is 1. The number of carbonyl (C=O) groups excluding carboxylic acids is 1. The third-order valence-corrected chi connectivity index (χ3v) is 1.51. The molecular formula is C8H16N2O4. The molecule has 0 aliphatic carbocycles. The molecule has 14 heavy (non-hydrogen) atoms. The number of aliphatic carboxylic acids is 1. The molecule has 0 saturated heterocycles. The monoisotopic (exact) mass is 204 g/mol. The van der Waals surface area contributed by atoms with Gasteiger partial charge in [-0.3, -0.25) is 4.79 Å². The summed E-state index contributed by atoms with van der Waals surface area (Å²) in [5.41, 5.74) is 0. The second kappa shape index (κ2) is 6.33. The molecule has 0 aliphatic rings. The molecule has 1 unspecified atom stereocenters. The Kier molecular flexibility index (Phi) is 5.82. The highest BCUT2D eigenvalue weighted by atomic mass is 16.4. The maximum absolute atomic E-state index is 11.1. The van der Waals surface area contributed by atoms with E-state index in [0.717, 1.165) is 0 Å². The van der Waals surface area contributed by atoms with Crippen LogP contribution in [-0.4, -0.2) is 60.3 Å². The first-order valence-electron chi connectivity index (χ1n) is 4.25. The van der Waals surface area contributed by atoms with Crippen molar-refractivity contribution in [3.8, 4) is 0 Å². The lowest BCUT2D eigenvalue weighted by Crippen LogP contribution is -2.44. The Balaban J connectivity index is 4.02. The topological polar surface area (TPSA) is 89.9 Å². The number of carboxylic acid groups (broad SMARTS) is 1. The molecule has 6 nitrogen and oxygen atoms in total. The van der Waals surface area contributed by atoms with E-state index in [-0.39, 0.29) is 25.5 Å². The van der Waals surface area contributed by atoms with Gasteiger partial charge in [0.05, 0.1) is 6.54 Å². The minimum absolute atomic E-state index is 0.0223. The molecule has 1 atom stereocenters. The Morgan fingerprint density at radius 3 is 2.36 bits per heavy atom. The Bertz CT molecular complexity index is 206. The van der Waals surface area contributed by atoms with Crippen LogP contribution < -0.4 is 5.32 Å². The number of aliphatic hydroxyl groups excluding tert-OH is 1. The molecule has 0 aromatic carbocycles. The van der Waals surface area contributed by atoms with Crippen molar-refractivity contribution in [2.45, 2.75) is 12.5 Å². The first-order chi connectivity index (χ1) is 6.47. The minimum atomic E-state index is -1.13. The molecule has 3 N–H and O–H groups in total. The molecule has 0 aliphatic heterocycles.